The summed E-state index contributed by atoms with van der Waals surface area (Å²) in [6.07, 6.45) is 11.2. The van der Waals surface area contributed by atoms with E-state index >= 15 is 0 Å². The fraction of sp³-hybridized carbons (Fsp3) is 0.421. The van der Waals surface area contributed by atoms with Crippen LogP contribution in [0, 0.1) is 0 Å². The second kappa shape index (κ2) is 5.41. The molecule has 0 amide bonds. The molecule has 1 saturated carbocycles. The van der Waals surface area contributed by atoms with Crippen molar-refractivity contribution in [1.29, 1.82) is 0 Å². The molecule has 1 saturated heterocycles. The first-order valence-electron chi connectivity index (χ1n) is 9.04. The standard InChI is InChI=1S/C19H20N4O3/c20-10-6-12-2-1-3-13-15(22(12)8-10)7-21-16-17(13)23(11-4-5-11)9-14(18(16)24)19(25)26/h1,3,7,9-12H,2,4-6,8,20H2,(H,25,26)/t10-,12?/m0/s1. The van der Waals surface area contributed by atoms with Crippen molar-refractivity contribution in [3.05, 3.63) is 39.8 Å². The van der Waals surface area contributed by atoms with Crippen LogP contribution in [0.5, 0.6) is 0 Å². The number of aromatic nitrogens is 2. The summed E-state index contributed by atoms with van der Waals surface area (Å²) in [5, 5.41) is 9.41. The van der Waals surface area contributed by atoms with Gasteiger partial charge in [0.2, 0.25) is 5.43 Å². The minimum Gasteiger partial charge on any atom is -0.477 e. The number of carbonyl (C=O) groups is 1. The lowest BCUT2D eigenvalue weighted by molar-refractivity contribution is 0.0695. The summed E-state index contributed by atoms with van der Waals surface area (Å²) in [5.74, 6) is -1.20. The molecule has 26 heavy (non-hydrogen) atoms. The minimum atomic E-state index is -1.20. The number of carboxylic acid groups (broad SMARTS) is 1. The van der Waals surface area contributed by atoms with Crippen LogP contribution in [-0.2, 0) is 0 Å². The zero-order chi connectivity index (χ0) is 18.0. The Labute approximate surface area is 149 Å². The van der Waals surface area contributed by atoms with Crippen molar-refractivity contribution in [3.63, 3.8) is 0 Å². The molecule has 2 atom stereocenters. The number of nitrogens with zero attached hydrogens (tertiary/aromatic N) is 3. The fourth-order valence-corrected chi connectivity index (χ4v) is 4.32. The maximum absolute atomic E-state index is 12.7. The second-order valence-corrected chi connectivity index (χ2v) is 7.51. The van der Waals surface area contributed by atoms with Gasteiger partial charge in [-0.15, -0.1) is 0 Å². The van der Waals surface area contributed by atoms with Gasteiger partial charge in [-0.2, -0.15) is 0 Å². The Bertz CT molecular complexity index is 1020. The Balaban J connectivity index is 1.83. The molecular weight excluding hydrogens is 332 g/mol. The van der Waals surface area contributed by atoms with Crippen LogP contribution in [0.25, 0.3) is 17.1 Å². The number of nitrogens with two attached hydrogens (primary N) is 1. The Morgan fingerprint density at radius 1 is 1.31 bits per heavy atom. The van der Waals surface area contributed by atoms with Gasteiger partial charge in [-0.05, 0) is 25.7 Å². The highest BCUT2D eigenvalue weighted by Crippen LogP contribution is 2.41. The third-order valence-electron chi connectivity index (χ3n) is 5.68. The summed E-state index contributed by atoms with van der Waals surface area (Å²) in [5.41, 5.74) is 8.37. The first-order chi connectivity index (χ1) is 12.5. The zero-order valence-corrected chi connectivity index (χ0v) is 14.3. The monoisotopic (exact) mass is 352 g/mol. The number of carboxylic acids is 1. The van der Waals surface area contributed by atoms with Crippen LogP contribution in [0.2, 0.25) is 0 Å². The molecule has 4 heterocycles. The highest BCUT2D eigenvalue weighted by Gasteiger charge is 2.34. The van der Waals surface area contributed by atoms with E-state index in [2.05, 4.69) is 22.0 Å². The van der Waals surface area contributed by atoms with E-state index in [9.17, 15) is 14.7 Å². The van der Waals surface area contributed by atoms with Gasteiger partial charge in [0, 0.05) is 36.4 Å². The summed E-state index contributed by atoms with van der Waals surface area (Å²) in [7, 11) is 0. The van der Waals surface area contributed by atoms with E-state index in [-0.39, 0.29) is 23.2 Å². The number of hydrogen-bond donors (Lipinski definition) is 2. The van der Waals surface area contributed by atoms with E-state index in [1.165, 1.54) is 6.20 Å². The van der Waals surface area contributed by atoms with Gasteiger partial charge in [-0.3, -0.25) is 4.79 Å². The topological polar surface area (TPSA) is 101 Å². The Hall–Kier alpha value is -2.67. The molecule has 1 aliphatic carbocycles. The highest BCUT2D eigenvalue weighted by atomic mass is 16.4. The van der Waals surface area contributed by atoms with Gasteiger partial charge in [-0.1, -0.05) is 12.2 Å². The first-order valence-corrected chi connectivity index (χ1v) is 9.04. The van der Waals surface area contributed by atoms with Crippen molar-refractivity contribution >= 4 is 28.8 Å². The van der Waals surface area contributed by atoms with Crippen LogP contribution in [0.4, 0.5) is 5.69 Å². The van der Waals surface area contributed by atoms with Crippen LogP contribution >= 0.6 is 0 Å². The second-order valence-electron chi connectivity index (χ2n) is 7.51. The molecule has 5 rings (SSSR count). The van der Waals surface area contributed by atoms with Crippen molar-refractivity contribution < 1.29 is 9.90 Å². The normalized spacial score (nSPS) is 24.4. The van der Waals surface area contributed by atoms with Crippen molar-refractivity contribution in [3.8, 4) is 0 Å². The molecule has 1 unspecified atom stereocenters. The number of aromatic carboxylic acids is 1. The van der Waals surface area contributed by atoms with Crippen LogP contribution in [-0.4, -0.2) is 39.3 Å². The van der Waals surface area contributed by atoms with E-state index in [1.54, 1.807) is 6.20 Å². The van der Waals surface area contributed by atoms with E-state index in [1.807, 2.05) is 4.57 Å². The van der Waals surface area contributed by atoms with E-state index < -0.39 is 11.4 Å². The smallest absolute Gasteiger partial charge is 0.341 e. The third kappa shape index (κ3) is 2.20. The maximum Gasteiger partial charge on any atom is 0.341 e. The van der Waals surface area contributed by atoms with Crippen molar-refractivity contribution in [1.82, 2.24) is 9.55 Å². The maximum atomic E-state index is 12.7. The molecule has 7 heteroatoms. The molecule has 2 aliphatic heterocycles. The average Bonchev–Trinajstić information content (AvgIpc) is 3.40. The van der Waals surface area contributed by atoms with Crippen LogP contribution < -0.4 is 16.1 Å². The van der Waals surface area contributed by atoms with E-state index in [0.29, 0.717) is 6.04 Å². The molecule has 2 fully saturated rings. The Morgan fingerprint density at radius 3 is 2.85 bits per heavy atom. The zero-order valence-electron chi connectivity index (χ0n) is 14.3. The molecule has 134 valence electrons. The summed E-state index contributed by atoms with van der Waals surface area (Å²) in [6, 6.07) is 0.717. The van der Waals surface area contributed by atoms with Crippen molar-refractivity contribution in [2.75, 3.05) is 11.4 Å². The predicted molar refractivity (Wildman–Crippen MR) is 98.6 cm³/mol. The predicted octanol–water partition coefficient (Wildman–Crippen LogP) is 1.75. The molecule has 2 aromatic rings. The molecule has 0 spiro atoms. The Morgan fingerprint density at radius 2 is 2.12 bits per heavy atom. The van der Waals surface area contributed by atoms with Gasteiger partial charge in [0.25, 0.3) is 0 Å². The molecule has 0 aromatic carbocycles. The van der Waals surface area contributed by atoms with Gasteiger partial charge in [0.05, 0.1) is 17.4 Å². The number of hydrogen-bond acceptors (Lipinski definition) is 5. The van der Waals surface area contributed by atoms with E-state index in [4.69, 9.17) is 5.73 Å². The first kappa shape index (κ1) is 15.6. The van der Waals surface area contributed by atoms with Crippen LogP contribution in [0.3, 0.4) is 0 Å². The van der Waals surface area contributed by atoms with Gasteiger partial charge >= 0.3 is 5.97 Å². The average molecular weight is 352 g/mol. The van der Waals surface area contributed by atoms with Crippen molar-refractivity contribution in [2.45, 2.75) is 43.8 Å². The SMILES string of the molecule is N[C@H]1CC2CC=Cc3c(cnc4c(=O)c(C(=O)O)cn(C5CC5)c34)N2C1. The van der Waals surface area contributed by atoms with Gasteiger partial charge in [-0.25, -0.2) is 9.78 Å². The van der Waals surface area contributed by atoms with Gasteiger partial charge in [0.1, 0.15) is 11.1 Å². The number of rotatable bonds is 2. The van der Waals surface area contributed by atoms with Crippen molar-refractivity contribution in [2.24, 2.45) is 5.73 Å². The molecule has 0 radical (unpaired) electrons. The number of fused-ring (bicyclic) bond motifs is 5. The number of pyridine rings is 2. The highest BCUT2D eigenvalue weighted by molar-refractivity contribution is 5.96. The van der Waals surface area contributed by atoms with Crippen LogP contribution in [0.1, 0.15) is 47.6 Å². The third-order valence-corrected chi connectivity index (χ3v) is 5.68. The molecule has 0 bridgehead atoms. The molecule has 3 N–H and O–H groups in total. The van der Waals surface area contributed by atoms with Gasteiger partial charge in [0.15, 0.2) is 0 Å². The molecule has 7 nitrogen and oxygen atoms in total. The number of anilines is 1. The lowest BCUT2D eigenvalue weighted by Gasteiger charge is -2.26. The van der Waals surface area contributed by atoms with Crippen LogP contribution in [0.15, 0.2) is 23.3 Å². The summed E-state index contributed by atoms with van der Waals surface area (Å²) >= 11 is 0. The quantitative estimate of drug-likeness (QED) is 0.854. The summed E-state index contributed by atoms with van der Waals surface area (Å²) in [6.45, 7) is 0.771. The summed E-state index contributed by atoms with van der Waals surface area (Å²) < 4.78 is 1.95. The molecule has 3 aliphatic rings. The van der Waals surface area contributed by atoms with Gasteiger partial charge < -0.3 is 20.3 Å². The molecule has 2 aromatic heterocycles. The Kier molecular flexibility index (Phi) is 3.24. The fourth-order valence-electron chi connectivity index (χ4n) is 4.32. The molecular formula is C19H20N4O3. The largest absolute Gasteiger partial charge is 0.477 e. The van der Waals surface area contributed by atoms with E-state index in [0.717, 1.165) is 49.0 Å². The minimum absolute atomic E-state index is 0.134. The lowest BCUT2D eigenvalue weighted by Crippen LogP contribution is -2.31. The lowest BCUT2D eigenvalue weighted by atomic mass is 10.1. The summed E-state index contributed by atoms with van der Waals surface area (Å²) in [4.78, 5) is 30.9.